The van der Waals surface area contributed by atoms with Crippen molar-refractivity contribution in [2.24, 2.45) is 0 Å². The summed E-state index contributed by atoms with van der Waals surface area (Å²) in [4.78, 5) is 27.4. The van der Waals surface area contributed by atoms with Crippen LogP contribution in [0, 0.1) is 11.3 Å². The fourth-order valence-corrected chi connectivity index (χ4v) is 1.24. The number of aromatic nitrogens is 1. The highest BCUT2D eigenvalue weighted by atomic mass is 16.2. The maximum atomic E-state index is 11.9. The summed E-state index contributed by atoms with van der Waals surface area (Å²) in [5.41, 5.74) is -0.227. The zero-order valence-corrected chi connectivity index (χ0v) is 9.23. The molecule has 5 nitrogen and oxygen atoms in total. The molecule has 0 saturated carbocycles. The standard InChI is InChI=1S/C11H13N3O2/c1-8(3-5-12)14(2)11(16)9-7-13-6-4-10(9)15/h4,6-8H,3H2,1-2H3,(H,13,15). The number of amides is 1. The molecule has 16 heavy (non-hydrogen) atoms. The molecule has 0 aromatic carbocycles. The second kappa shape index (κ2) is 5.12. The molecule has 0 spiro atoms. The number of hydrogen-bond acceptors (Lipinski definition) is 3. The maximum absolute atomic E-state index is 11.9. The van der Waals surface area contributed by atoms with Gasteiger partial charge in [-0.3, -0.25) is 9.59 Å². The molecule has 0 aliphatic rings. The molecule has 1 rings (SSSR count). The highest BCUT2D eigenvalue weighted by Gasteiger charge is 2.19. The molecule has 1 N–H and O–H groups in total. The van der Waals surface area contributed by atoms with Crippen LogP contribution in [0.2, 0.25) is 0 Å². The number of pyridine rings is 1. The van der Waals surface area contributed by atoms with Crippen molar-refractivity contribution < 1.29 is 4.79 Å². The summed E-state index contributed by atoms with van der Waals surface area (Å²) in [5, 5.41) is 8.54. The summed E-state index contributed by atoms with van der Waals surface area (Å²) in [7, 11) is 1.58. The SMILES string of the molecule is CC(CC#N)N(C)C(=O)c1c[nH]ccc1=O. The van der Waals surface area contributed by atoms with Gasteiger partial charge in [-0.1, -0.05) is 0 Å². The molecule has 0 aliphatic heterocycles. The van der Waals surface area contributed by atoms with Gasteiger partial charge in [-0.15, -0.1) is 0 Å². The molecule has 0 bridgehead atoms. The van der Waals surface area contributed by atoms with Gasteiger partial charge in [0.1, 0.15) is 5.56 Å². The number of hydrogen-bond donors (Lipinski definition) is 1. The number of nitrogens with zero attached hydrogens (tertiary/aromatic N) is 2. The van der Waals surface area contributed by atoms with E-state index in [-0.39, 0.29) is 29.4 Å². The predicted molar refractivity (Wildman–Crippen MR) is 58.8 cm³/mol. The number of carbonyl (C=O) groups excluding carboxylic acids is 1. The highest BCUT2D eigenvalue weighted by molar-refractivity contribution is 5.93. The molecule has 1 aromatic rings. The quantitative estimate of drug-likeness (QED) is 0.814. The van der Waals surface area contributed by atoms with E-state index >= 15 is 0 Å². The second-order valence-corrected chi connectivity index (χ2v) is 3.55. The highest BCUT2D eigenvalue weighted by Crippen LogP contribution is 2.04. The first-order chi connectivity index (χ1) is 7.57. The Labute approximate surface area is 93.3 Å². The van der Waals surface area contributed by atoms with Crippen LogP contribution < -0.4 is 5.43 Å². The van der Waals surface area contributed by atoms with Gasteiger partial charge in [-0.05, 0) is 6.92 Å². The summed E-state index contributed by atoms with van der Waals surface area (Å²) >= 11 is 0. The lowest BCUT2D eigenvalue weighted by molar-refractivity contribution is 0.0744. The number of aromatic amines is 1. The van der Waals surface area contributed by atoms with Gasteiger partial charge in [0.2, 0.25) is 0 Å². The van der Waals surface area contributed by atoms with Gasteiger partial charge < -0.3 is 9.88 Å². The second-order valence-electron chi connectivity index (χ2n) is 3.55. The van der Waals surface area contributed by atoms with Crippen LogP contribution in [0.4, 0.5) is 0 Å². The van der Waals surface area contributed by atoms with E-state index in [1.54, 1.807) is 14.0 Å². The third kappa shape index (κ3) is 2.48. The van der Waals surface area contributed by atoms with E-state index in [1.165, 1.54) is 23.4 Å². The van der Waals surface area contributed by atoms with Gasteiger partial charge in [-0.25, -0.2) is 0 Å². The van der Waals surface area contributed by atoms with Crippen LogP contribution in [-0.4, -0.2) is 28.9 Å². The van der Waals surface area contributed by atoms with Crippen LogP contribution in [0.5, 0.6) is 0 Å². The summed E-state index contributed by atoms with van der Waals surface area (Å²) in [5.74, 6) is -0.371. The van der Waals surface area contributed by atoms with E-state index in [4.69, 9.17) is 5.26 Å². The minimum absolute atomic E-state index is 0.0924. The van der Waals surface area contributed by atoms with Crippen molar-refractivity contribution >= 4 is 5.91 Å². The molecule has 0 radical (unpaired) electrons. The molecule has 84 valence electrons. The summed E-state index contributed by atoms with van der Waals surface area (Å²) in [6.07, 6.45) is 3.09. The fourth-order valence-electron chi connectivity index (χ4n) is 1.24. The maximum Gasteiger partial charge on any atom is 0.259 e. The van der Waals surface area contributed by atoms with E-state index in [2.05, 4.69) is 4.98 Å². The van der Waals surface area contributed by atoms with Crippen molar-refractivity contribution in [3.63, 3.8) is 0 Å². The van der Waals surface area contributed by atoms with Gasteiger partial charge in [0.15, 0.2) is 5.43 Å². The van der Waals surface area contributed by atoms with Crippen molar-refractivity contribution in [1.82, 2.24) is 9.88 Å². The fraction of sp³-hybridized carbons (Fsp3) is 0.364. The Kier molecular flexibility index (Phi) is 3.84. The van der Waals surface area contributed by atoms with Gasteiger partial charge in [0.05, 0.1) is 12.5 Å². The summed E-state index contributed by atoms with van der Waals surface area (Å²) < 4.78 is 0. The number of nitriles is 1. The first kappa shape index (κ1) is 12.0. The monoisotopic (exact) mass is 219 g/mol. The molecule has 0 fully saturated rings. The van der Waals surface area contributed by atoms with Crippen molar-refractivity contribution in [2.45, 2.75) is 19.4 Å². The molecular formula is C11H13N3O2. The zero-order valence-electron chi connectivity index (χ0n) is 9.23. The Bertz CT molecular complexity index is 473. The van der Waals surface area contributed by atoms with E-state index in [9.17, 15) is 9.59 Å². The molecule has 1 unspecified atom stereocenters. The van der Waals surface area contributed by atoms with Gasteiger partial charge in [0.25, 0.3) is 5.91 Å². The van der Waals surface area contributed by atoms with E-state index in [0.717, 1.165) is 0 Å². The number of nitrogens with one attached hydrogen (secondary N) is 1. The molecule has 1 aromatic heterocycles. The average Bonchev–Trinajstić information content (AvgIpc) is 2.28. The Balaban J connectivity index is 2.92. The third-order valence-corrected chi connectivity index (χ3v) is 2.42. The molecule has 5 heteroatoms. The number of carbonyl (C=O) groups is 1. The lowest BCUT2D eigenvalue weighted by Crippen LogP contribution is -2.37. The van der Waals surface area contributed by atoms with Crippen LogP contribution in [0.25, 0.3) is 0 Å². The largest absolute Gasteiger partial charge is 0.367 e. The minimum atomic E-state index is -0.371. The van der Waals surface area contributed by atoms with Crippen LogP contribution in [0.3, 0.4) is 0 Å². The van der Waals surface area contributed by atoms with Crippen LogP contribution >= 0.6 is 0 Å². The van der Waals surface area contributed by atoms with Gasteiger partial charge in [0, 0.05) is 31.5 Å². The molecule has 1 atom stereocenters. The third-order valence-electron chi connectivity index (χ3n) is 2.42. The van der Waals surface area contributed by atoms with Gasteiger partial charge in [-0.2, -0.15) is 5.26 Å². The first-order valence-electron chi connectivity index (χ1n) is 4.89. The topological polar surface area (TPSA) is 77.0 Å². The Hall–Kier alpha value is -2.09. The Morgan fingerprint density at radius 3 is 2.94 bits per heavy atom. The molecule has 0 aliphatic carbocycles. The lowest BCUT2D eigenvalue weighted by atomic mass is 10.2. The van der Waals surface area contributed by atoms with Crippen LogP contribution in [-0.2, 0) is 0 Å². The Morgan fingerprint density at radius 1 is 1.69 bits per heavy atom. The van der Waals surface area contributed by atoms with E-state index in [0.29, 0.717) is 0 Å². The number of H-pyrrole nitrogens is 1. The Morgan fingerprint density at radius 2 is 2.38 bits per heavy atom. The van der Waals surface area contributed by atoms with Crippen LogP contribution in [0.15, 0.2) is 23.3 Å². The first-order valence-corrected chi connectivity index (χ1v) is 4.89. The van der Waals surface area contributed by atoms with E-state index in [1.807, 2.05) is 6.07 Å². The normalized spacial score (nSPS) is 11.6. The summed E-state index contributed by atoms with van der Waals surface area (Å²) in [6, 6.07) is 3.08. The average molecular weight is 219 g/mol. The minimum Gasteiger partial charge on any atom is -0.367 e. The zero-order chi connectivity index (χ0) is 12.1. The van der Waals surface area contributed by atoms with Crippen LogP contribution in [0.1, 0.15) is 23.7 Å². The molecular weight excluding hydrogens is 206 g/mol. The summed E-state index contributed by atoms with van der Waals surface area (Å²) in [6.45, 7) is 1.76. The lowest BCUT2D eigenvalue weighted by Gasteiger charge is -2.22. The molecule has 1 heterocycles. The predicted octanol–water partition coefficient (Wildman–Crippen LogP) is 0.749. The van der Waals surface area contributed by atoms with Crippen molar-refractivity contribution in [3.05, 3.63) is 34.2 Å². The smallest absolute Gasteiger partial charge is 0.259 e. The molecule has 1 amide bonds. The molecule has 0 saturated heterocycles. The van der Waals surface area contributed by atoms with Crippen molar-refractivity contribution in [1.29, 1.82) is 5.26 Å². The van der Waals surface area contributed by atoms with E-state index < -0.39 is 0 Å². The number of rotatable bonds is 3. The van der Waals surface area contributed by atoms with Gasteiger partial charge >= 0.3 is 0 Å². The van der Waals surface area contributed by atoms with Crippen molar-refractivity contribution in [3.8, 4) is 6.07 Å². The van der Waals surface area contributed by atoms with Crippen molar-refractivity contribution in [2.75, 3.05) is 7.05 Å².